The number of hydrogen-bond acceptors (Lipinski definition) is 1. The summed E-state index contributed by atoms with van der Waals surface area (Å²) >= 11 is 1.84. The summed E-state index contributed by atoms with van der Waals surface area (Å²) in [5, 5.41) is 2.12. The predicted molar refractivity (Wildman–Crippen MR) is 41.1 cm³/mol. The Kier molecular flexibility index (Phi) is 1.12. The van der Waals surface area contributed by atoms with Crippen LogP contribution in [-0.2, 0) is 5.75 Å². The molecule has 1 aromatic rings. The minimum atomic E-state index is 1.11. The van der Waals surface area contributed by atoms with E-state index in [4.69, 9.17) is 0 Å². The molecule has 0 spiro atoms. The third-order valence-corrected chi connectivity index (χ3v) is 2.19. The van der Waals surface area contributed by atoms with Crippen LogP contribution in [0, 0.1) is 0 Å². The molecule has 0 amide bonds. The summed E-state index contributed by atoms with van der Waals surface area (Å²) in [6.45, 7) is 0. The molecule has 1 aliphatic rings. The van der Waals surface area contributed by atoms with E-state index in [1.54, 1.807) is 0 Å². The van der Waals surface area contributed by atoms with Gasteiger partial charge in [0.25, 0.3) is 0 Å². The summed E-state index contributed by atoms with van der Waals surface area (Å²) in [5.74, 6) is 1.11. The van der Waals surface area contributed by atoms with Gasteiger partial charge in [-0.05, 0) is 17.5 Å². The average molecular weight is 137 g/mol. The molecule has 1 nitrogen and oxygen atoms in total. The van der Waals surface area contributed by atoms with Crippen molar-refractivity contribution in [3.8, 4) is 0 Å². The van der Waals surface area contributed by atoms with Crippen molar-refractivity contribution in [1.29, 1.82) is 0 Å². The second-order valence-electron chi connectivity index (χ2n) is 2.00. The van der Waals surface area contributed by atoms with Crippen molar-refractivity contribution in [2.75, 3.05) is 0 Å². The van der Waals surface area contributed by atoms with Gasteiger partial charge in [0.05, 0.1) is 0 Å². The summed E-state index contributed by atoms with van der Waals surface area (Å²) in [7, 11) is 0. The zero-order chi connectivity index (χ0) is 6.10. The van der Waals surface area contributed by atoms with Gasteiger partial charge in [-0.2, -0.15) is 0 Å². The van der Waals surface area contributed by atoms with Crippen molar-refractivity contribution >= 4 is 18.0 Å². The molecule has 1 aliphatic heterocycles. The lowest BCUT2D eigenvalue weighted by molar-refractivity contribution is 1.07. The van der Waals surface area contributed by atoms with Crippen LogP contribution in [0.5, 0.6) is 0 Å². The Labute approximate surface area is 58.4 Å². The Morgan fingerprint density at radius 3 is 3.44 bits per heavy atom. The Balaban J connectivity index is 2.53. The van der Waals surface area contributed by atoms with Gasteiger partial charge in [0, 0.05) is 23.8 Å². The van der Waals surface area contributed by atoms with E-state index in [1.807, 2.05) is 11.8 Å². The van der Waals surface area contributed by atoms with Gasteiger partial charge < -0.3 is 4.57 Å². The van der Waals surface area contributed by atoms with E-state index in [1.165, 1.54) is 5.69 Å². The van der Waals surface area contributed by atoms with Gasteiger partial charge in [0.1, 0.15) is 0 Å². The molecule has 0 N–H and O–H groups in total. The molecule has 0 saturated carbocycles. The fraction of sp³-hybridized carbons (Fsp3) is 0.143. The quantitative estimate of drug-likeness (QED) is 0.530. The monoisotopic (exact) mass is 137 g/mol. The Hall–Kier alpha value is -0.630. The van der Waals surface area contributed by atoms with Gasteiger partial charge >= 0.3 is 0 Å². The molecule has 0 aliphatic carbocycles. The van der Waals surface area contributed by atoms with Crippen molar-refractivity contribution in [2.24, 2.45) is 0 Å². The van der Waals surface area contributed by atoms with Crippen molar-refractivity contribution in [3.63, 3.8) is 0 Å². The van der Waals surface area contributed by atoms with E-state index in [0.717, 1.165) is 5.75 Å². The lowest BCUT2D eigenvalue weighted by atomic mass is 10.5. The first-order valence-corrected chi connectivity index (χ1v) is 3.96. The molecule has 0 saturated heterocycles. The highest BCUT2D eigenvalue weighted by molar-refractivity contribution is 8.01. The standard InChI is InChI=1S/C7H7NS/c1-2-7-6-9-5-4-8(7)3-1/h1-5H,6H2. The lowest BCUT2D eigenvalue weighted by Crippen LogP contribution is -1.93. The number of thioether (sulfide) groups is 1. The molecule has 0 radical (unpaired) electrons. The molecule has 0 bridgehead atoms. The Morgan fingerprint density at radius 2 is 2.56 bits per heavy atom. The molecule has 0 atom stereocenters. The van der Waals surface area contributed by atoms with Crippen molar-refractivity contribution in [1.82, 2.24) is 4.57 Å². The van der Waals surface area contributed by atoms with E-state index in [9.17, 15) is 0 Å². The fourth-order valence-corrected chi connectivity index (χ4v) is 1.67. The topological polar surface area (TPSA) is 4.93 Å². The maximum Gasteiger partial charge on any atom is 0.0383 e. The fourth-order valence-electron chi connectivity index (χ4n) is 0.939. The van der Waals surface area contributed by atoms with Gasteiger partial charge in [-0.15, -0.1) is 11.8 Å². The van der Waals surface area contributed by atoms with Crippen LogP contribution in [-0.4, -0.2) is 4.57 Å². The van der Waals surface area contributed by atoms with E-state index in [-0.39, 0.29) is 0 Å². The highest BCUT2D eigenvalue weighted by Crippen LogP contribution is 2.19. The summed E-state index contributed by atoms with van der Waals surface area (Å²) in [6, 6.07) is 4.22. The minimum absolute atomic E-state index is 1.11. The molecule has 2 rings (SSSR count). The summed E-state index contributed by atoms with van der Waals surface area (Å²) in [5.41, 5.74) is 1.39. The average Bonchev–Trinajstić information content (AvgIpc) is 2.33. The summed E-state index contributed by atoms with van der Waals surface area (Å²) < 4.78 is 2.15. The van der Waals surface area contributed by atoms with Crippen LogP contribution in [0.1, 0.15) is 5.69 Å². The molecule has 0 unspecified atom stereocenters. The number of aromatic nitrogens is 1. The Morgan fingerprint density at radius 1 is 1.56 bits per heavy atom. The molecule has 0 aromatic carbocycles. The molecule has 0 fully saturated rings. The second kappa shape index (κ2) is 1.95. The molecule has 1 aromatic heterocycles. The number of fused-ring (bicyclic) bond motifs is 1. The van der Waals surface area contributed by atoms with Gasteiger partial charge in [0.15, 0.2) is 0 Å². The normalized spacial score (nSPS) is 15.6. The van der Waals surface area contributed by atoms with E-state index in [2.05, 4.69) is 34.5 Å². The first-order chi connectivity index (χ1) is 4.47. The zero-order valence-electron chi connectivity index (χ0n) is 4.95. The minimum Gasteiger partial charge on any atom is -0.326 e. The second-order valence-corrected chi connectivity index (χ2v) is 2.90. The zero-order valence-corrected chi connectivity index (χ0v) is 5.77. The van der Waals surface area contributed by atoms with Crippen LogP contribution < -0.4 is 0 Å². The largest absolute Gasteiger partial charge is 0.326 e. The number of hydrogen-bond donors (Lipinski definition) is 0. The molecule has 46 valence electrons. The van der Waals surface area contributed by atoms with E-state index in [0.29, 0.717) is 0 Å². The van der Waals surface area contributed by atoms with E-state index < -0.39 is 0 Å². The summed E-state index contributed by atoms with van der Waals surface area (Å²) in [4.78, 5) is 0. The SMILES string of the molecule is C1=Cn2cccc2CS1. The van der Waals surface area contributed by atoms with Gasteiger partial charge in [-0.3, -0.25) is 0 Å². The maximum atomic E-state index is 2.15. The van der Waals surface area contributed by atoms with Gasteiger partial charge in [0.2, 0.25) is 0 Å². The van der Waals surface area contributed by atoms with E-state index >= 15 is 0 Å². The highest BCUT2D eigenvalue weighted by atomic mass is 32.2. The number of rotatable bonds is 0. The van der Waals surface area contributed by atoms with Crippen LogP contribution in [0.15, 0.2) is 23.7 Å². The maximum absolute atomic E-state index is 2.15. The smallest absolute Gasteiger partial charge is 0.0383 e. The van der Waals surface area contributed by atoms with Gasteiger partial charge in [-0.25, -0.2) is 0 Å². The molecule has 2 heterocycles. The highest BCUT2D eigenvalue weighted by Gasteiger charge is 1.99. The van der Waals surface area contributed by atoms with Crippen molar-refractivity contribution < 1.29 is 0 Å². The molecule has 9 heavy (non-hydrogen) atoms. The Bertz CT molecular complexity index is 237. The summed E-state index contributed by atoms with van der Waals surface area (Å²) in [6.07, 6.45) is 4.16. The molecular weight excluding hydrogens is 130 g/mol. The number of nitrogens with zero attached hydrogens (tertiary/aromatic N) is 1. The molecule has 2 heteroatoms. The van der Waals surface area contributed by atoms with Crippen molar-refractivity contribution in [2.45, 2.75) is 5.75 Å². The third kappa shape index (κ3) is 0.793. The van der Waals surface area contributed by atoms with Gasteiger partial charge in [-0.1, -0.05) is 0 Å². The van der Waals surface area contributed by atoms with Crippen molar-refractivity contribution in [3.05, 3.63) is 29.4 Å². The molecular formula is C7H7NS. The first-order valence-electron chi connectivity index (χ1n) is 2.91. The van der Waals surface area contributed by atoms with Crippen LogP contribution in [0.4, 0.5) is 0 Å². The lowest BCUT2D eigenvalue weighted by Gasteiger charge is -2.06. The van der Waals surface area contributed by atoms with Crippen LogP contribution in [0.25, 0.3) is 6.20 Å². The third-order valence-electron chi connectivity index (χ3n) is 1.42. The van der Waals surface area contributed by atoms with Crippen LogP contribution >= 0.6 is 11.8 Å². The first kappa shape index (κ1) is 5.18. The van der Waals surface area contributed by atoms with Crippen LogP contribution in [0.2, 0.25) is 0 Å². The van der Waals surface area contributed by atoms with Crippen LogP contribution in [0.3, 0.4) is 0 Å². The predicted octanol–water partition coefficient (Wildman–Crippen LogP) is 2.16.